The molecule has 1 fully saturated rings. The third-order valence-corrected chi connectivity index (χ3v) is 4.49. The molecule has 0 heterocycles. The molecule has 4 heteroatoms. The van der Waals surface area contributed by atoms with E-state index in [2.05, 4.69) is 26.1 Å². The van der Waals surface area contributed by atoms with Crippen molar-refractivity contribution in [1.29, 1.82) is 0 Å². The lowest BCUT2D eigenvalue weighted by atomic mass is 9.70. The Hall–Kier alpha value is -1.58. The van der Waals surface area contributed by atoms with Crippen LogP contribution in [0.3, 0.4) is 0 Å². The van der Waals surface area contributed by atoms with Gasteiger partial charge in [0.25, 0.3) is 5.69 Å². The molecule has 0 amide bonds. The Morgan fingerprint density at radius 3 is 2.48 bits per heavy atom. The predicted molar refractivity (Wildman–Crippen MR) is 86.8 cm³/mol. The van der Waals surface area contributed by atoms with Crippen LogP contribution in [0, 0.1) is 35.3 Å². The molecule has 4 nitrogen and oxygen atoms in total. The quantitative estimate of drug-likeness (QED) is 0.640. The summed E-state index contributed by atoms with van der Waals surface area (Å²) in [6.07, 6.45) is 3.58. The zero-order valence-corrected chi connectivity index (χ0v) is 13.7. The van der Waals surface area contributed by atoms with E-state index in [0.717, 1.165) is 23.2 Å². The van der Waals surface area contributed by atoms with E-state index in [1.54, 1.807) is 13.0 Å². The zero-order chi connectivity index (χ0) is 15.8. The number of anilines is 1. The van der Waals surface area contributed by atoms with E-state index in [0.29, 0.717) is 17.4 Å². The van der Waals surface area contributed by atoms with Gasteiger partial charge in [0.15, 0.2) is 0 Å². The van der Waals surface area contributed by atoms with Crippen molar-refractivity contribution in [3.8, 4) is 0 Å². The summed E-state index contributed by atoms with van der Waals surface area (Å²) >= 11 is 0. The fourth-order valence-electron chi connectivity index (χ4n) is 3.83. The summed E-state index contributed by atoms with van der Waals surface area (Å²) < 4.78 is 0. The van der Waals surface area contributed by atoms with Crippen LogP contribution >= 0.6 is 0 Å². The van der Waals surface area contributed by atoms with Gasteiger partial charge in [0.1, 0.15) is 0 Å². The van der Waals surface area contributed by atoms with Crippen LogP contribution in [0.5, 0.6) is 0 Å². The maximum absolute atomic E-state index is 11.0. The monoisotopic (exact) mass is 290 g/mol. The fraction of sp³-hybridized carbons (Fsp3) is 0.647. The van der Waals surface area contributed by atoms with Crippen molar-refractivity contribution in [2.75, 3.05) is 5.32 Å². The molecule has 0 aromatic heterocycles. The average molecular weight is 290 g/mol. The number of hydrogen-bond acceptors (Lipinski definition) is 3. The first-order valence-electron chi connectivity index (χ1n) is 7.70. The Morgan fingerprint density at radius 2 is 1.90 bits per heavy atom. The first kappa shape index (κ1) is 15.8. The number of benzene rings is 1. The highest BCUT2D eigenvalue weighted by molar-refractivity contribution is 5.59. The van der Waals surface area contributed by atoms with E-state index in [1.807, 2.05) is 13.0 Å². The third kappa shape index (κ3) is 3.74. The maximum atomic E-state index is 11.0. The highest BCUT2D eigenvalue weighted by atomic mass is 16.6. The molecule has 0 saturated heterocycles. The van der Waals surface area contributed by atoms with E-state index in [9.17, 15) is 10.1 Å². The highest BCUT2D eigenvalue weighted by Crippen LogP contribution is 2.40. The first-order chi connectivity index (χ1) is 9.68. The van der Waals surface area contributed by atoms with Gasteiger partial charge in [-0.2, -0.15) is 0 Å². The van der Waals surface area contributed by atoms with Crippen LogP contribution in [-0.4, -0.2) is 11.0 Å². The second-order valence-electron chi connectivity index (χ2n) is 7.47. The van der Waals surface area contributed by atoms with Crippen LogP contribution in [0.4, 0.5) is 11.4 Å². The molecule has 2 atom stereocenters. The number of hydrogen-bond donors (Lipinski definition) is 1. The average Bonchev–Trinajstić information content (AvgIpc) is 2.30. The number of nitro groups is 1. The van der Waals surface area contributed by atoms with E-state index in [-0.39, 0.29) is 10.6 Å². The zero-order valence-electron chi connectivity index (χ0n) is 13.7. The molecule has 1 saturated carbocycles. The standard InChI is InChI=1S/C17H26N2O2/c1-11-6-14(10-17(4,5)9-11)18-15-7-13(3)16(19(20)21)8-12(15)2/h7-8,11,14,18H,6,9-10H2,1-5H3. The molecule has 1 aromatic rings. The van der Waals surface area contributed by atoms with Crippen molar-refractivity contribution in [1.82, 2.24) is 0 Å². The summed E-state index contributed by atoms with van der Waals surface area (Å²) in [6.45, 7) is 10.7. The number of nitro benzene ring substituents is 1. The lowest BCUT2D eigenvalue weighted by Crippen LogP contribution is -2.35. The van der Waals surface area contributed by atoms with Gasteiger partial charge in [0.05, 0.1) is 4.92 Å². The molecule has 0 bridgehead atoms. The Balaban J connectivity index is 2.20. The molecule has 1 N–H and O–H groups in total. The van der Waals surface area contributed by atoms with Crippen LogP contribution in [0.1, 0.15) is 51.2 Å². The van der Waals surface area contributed by atoms with Crippen LogP contribution in [0.25, 0.3) is 0 Å². The molecule has 2 rings (SSSR count). The molecule has 0 radical (unpaired) electrons. The van der Waals surface area contributed by atoms with Crippen molar-refractivity contribution >= 4 is 11.4 Å². The minimum Gasteiger partial charge on any atom is -0.382 e. The Labute approximate surface area is 127 Å². The fourth-order valence-corrected chi connectivity index (χ4v) is 3.83. The molecule has 1 aliphatic carbocycles. The molecular weight excluding hydrogens is 264 g/mol. The molecular formula is C17H26N2O2. The lowest BCUT2D eigenvalue weighted by molar-refractivity contribution is -0.385. The summed E-state index contributed by atoms with van der Waals surface area (Å²) in [7, 11) is 0. The van der Waals surface area contributed by atoms with Crippen LogP contribution in [0.15, 0.2) is 12.1 Å². The lowest BCUT2D eigenvalue weighted by Gasteiger charge is -2.39. The van der Waals surface area contributed by atoms with Gasteiger partial charge < -0.3 is 5.32 Å². The van der Waals surface area contributed by atoms with Gasteiger partial charge in [0.2, 0.25) is 0 Å². The summed E-state index contributed by atoms with van der Waals surface area (Å²) in [5.41, 5.74) is 3.27. The topological polar surface area (TPSA) is 55.2 Å². The van der Waals surface area contributed by atoms with Gasteiger partial charge >= 0.3 is 0 Å². The second kappa shape index (κ2) is 5.66. The Kier molecular flexibility index (Phi) is 4.26. The van der Waals surface area contributed by atoms with Crippen molar-refractivity contribution < 1.29 is 4.92 Å². The SMILES string of the molecule is Cc1cc([N+](=O)[O-])c(C)cc1NC1CC(C)CC(C)(C)C1. The maximum Gasteiger partial charge on any atom is 0.272 e. The second-order valence-corrected chi connectivity index (χ2v) is 7.47. The van der Waals surface area contributed by atoms with Crippen LogP contribution in [-0.2, 0) is 0 Å². The molecule has 116 valence electrons. The van der Waals surface area contributed by atoms with Gasteiger partial charge in [-0.15, -0.1) is 0 Å². The molecule has 0 aliphatic heterocycles. The van der Waals surface area contributed by atoms with Crippen LogP contribution < -0.4 is 5.32 Å². The summed E-state index contributed by atoms with van der Waals surface area (Å²) in [4.78, 5) is 10.7. The van der Waals surface area contributed by atoms with E-state index >= 15 is 0 Å². The summed E-state index contributed by atoms with van der Waals surface area (Å²) in [6, 6.07) is 4.04. The minimum absolute atomic E-state index is 0.204. The van der Waals surface area contributed by atoms with E-state index < -0.39 is 0 Å². The van der Waals surface area contributed by atoms with Gasteiger partial charge in [-0.1, -0.05) is 20.8 Å². The molecule has 2 unspecified atom stereocenters. The Morgan fingerprint density at radius 1 is 1.24 bits per heavy atom. The van der Waals surface area contributed by atoms with Gasteiger partial charge in [-0.25, -0.2) is 0 Å². The highest BCUT2D eigenvalue weighted by Gasteiger charge is 2.32. The number of nitrogens with one attached hydrogen (secondary N) is 1. The molecule has 1 aromatic carbocycles. The van der Waals surface area contributed by atoms with Crippen molar-refractivity contribution in [3.05, 3.63) is 33.4 Å². The van der Waals surface area contributed by atoms with Crippen molar-refractivity contribution in [3.63, 3.8) is 0 Å². The normalized spacial score (nSPS) is 24.6. The number of aryl methyl sites for hydroxylation is 2. The molecule has 21 heavy (non-hydrogen) atoms. The van der Waals surface area contributed by atoms with Crippen LogP contribution in [0.2, 0.25) is 0 Å². The largest absolute Gasteiger partial charge is 0.382 e. The van der Waals surface area contributed by atoms with Gasteiger partial charge in [0, 0.05) is 23.4 Å². The van der Waals surface area contributed by atoms with E-state index in [1.165, 1.54) is 12.8 Å². The Bertz CT molecular complexity index is 552. The number of nitrogens with zero attached hydrogens (tertiary/aromatic N) is 1. The molecule has 0 spiro atoms. The van der Waals surface area contributed by atoms with E-state index in [4.69, 9.17) is 0 Å². The van der Waals surface area contributed by atoms with Crippen molar-refractivity contribution in [2.24, 2.45) is 11.3 Å². The minimum atomic E-state index is -0.308. The van der Waals surface area contributed by atoms with Gasteiger partial charge in [-0.05, 0) is 56.1 Å². The number of rotatable bonds is 3. The van der Waals surface area contributed by atoms with Crippen molar-refractivity contribution in [2.45, 2.75) is 59.9 Å². The first-order valence-corrected chi connectivity index (χ1v) is 7.70. The third-order valence-electron chi connectivity index (χ3n) is 4.49. The predicted octanol–water partition coefficient (Wildman–Crippen LogP) is 4.84. The smallest absolute Gasteiger partial charge is 0.272 e. The van der Waals surface area contributed by atoms with Gasteiger partial charge in [-0.3, -0.25) is 10.1 Å². The summed E-state index contributed by atoms with van der Waals surface area (Å²) in [5.74, 6) is 0.714. The molecule has 1 aliphatic rings. The summed E-state index contributed by atoms with van der Waals surface area (Å²) in [5, 5.41) is 14.6.